The molecule has 0 aliphatic heterocycles. The van der Waals surface area contributed by atoms with Crippen molar-refractivity contribution in [1.29, 1.82) is 0 Å². The molecule has 86 valence electrons. The maximum atomic E-state index is 12.3. The summed E-state index contributed by atoms with van der Waals surface area (Å²) in [6.45, 7) is 0. The highest BCUT2D eigenvalue weighted by atomic mass is 32.1. The highest BCUT2D eigenvalue weighted by molar-refractivity contribution is 7.80. The van der Waals surface area contributed by atoms with Gasteiger partial charge in [-0.3, -0.25) is 18.8 Å². The molecule has 0 bridgehead atoms. The monoisotopic (exact) mass is 244 g/mol. The zero-order valence-electron chi connectivity index (χ0n) is 6.37. The molecule has 0 heterocycles. The molecule has 0 saturated heterocycles. The third kappa shape index (κ3) is 4.95. The highest BCUT2D eigenvalue weighted by Crippen LogP contribution is 2.17. The Kier molecular flexibility index (Phi) is 14.3. The minimum atomic E-state index is -0.985. The van der Waals surface area contributed by atoms with E-state index in [4.69, 9.17) is 0 Å². The lowest BCUT2D eigenvalue weighted by atomic mass is 10.3. The molecule has 0 atom stereocenters. The predicted octanol–water partition coefficient (Wildman–Crippen LogP) is 3.00. The number of halogens is 7. The molecule has 0 unspecified atom stereocenters. The normalized spacial score (nSPS) is 7.14. The summed E-state index contributed by atoms with van der Waals surface area (Å²) in [4.78, 5) is -0.457. The summed E-state index contributed by atoms with van der Waals surface area (Å²) in [6, 6.07) is 1.15. The topological polar surface area (TPSA) is 0 Å². The first-order valence-corrected chi connectivity index (χ1v) is 2.89. The van der Waals surface area contributed by atoms with E-state index in [1.54, 1.807) is 0 Å². The molecule has 0 nitrogen and oxygen atoms in total. The van der Waals surface area contributed by atoms with Gasteiger partial charge in [0.25, 0.3) is 0 Å². The fourth-order valence-corrected chi connectivity index (χ4v) is 0.664. The summed E-state index contributed by atoms with van der Waals surface area (Å²) in [6.07, 6.45) is 0. The summed E-state index contributed by atoms with van der Waals surface area (Å²) in [5, 5.41) is 0. The maximum Gasteiger partial charge on any atom is 0.142 e. The minimum absolute atomic E-state index is 0. The largest absolute Gasteiger partial charge is 0.269 e. The third-order valence-electron chi connectivity index (χ3n) is 0.982. The Morgan fingerprint density at radius 2 is 1.07 bits per heavy atom. The third-order valence-corrected chi connectivity index (χ3v) is 1.41. The molecule has 0 aliphatic carbocycles. The van der Waals surface area contributed by atoms with Crippen molar-refractivity contribution in [2.24, 2.45) is 0 Å². The number of rotatable bonds is 0. The quantitative estimate of drug-likeness (QED) is 0.526. The molecule has 14 heavy (non-hydrogen) atoms. The van der Waals surface area contributed by atoms with Crippen LogP contribution in [0, 0.1) is 17.5 Å². The van der Waals surface area contributed by atoms with Gasteiger partial charge in [0.05, 0.1) is 4.90 Å². The van der Waals surface area contributed by atoms with Crippen molar-refractivity contribution in [3.63, 3.8) is 0 Å². The van der Waals surface area contributed by atoms with Gasteiger partial charge in [0.15, 0.2) is 0 Å². The molecule has 0 saturated carbocycles. The van der Waals surface area contributed by atoms with Crippen LogP contribution in [0.1, 0.15) is 0 Å². The lowest BCUT2D eigenvalue weighted by molar-refractivity contribution is 0.511. The molecule has 1 aromatic carbocycles. The van der Waals surface area contributed by atoms with Gasteiger partial charge in [-0.15, -0.1) is 12.6 Å². The van der Waals surface area contributed by atoms with Crippen molar-refractivity contribution >= 4 is 12.6 Å². The summed E-state index contributed by atoms with van der Waals surface area (Å²) >= 11 is 3.44. The van der Waals surface area contributed by atoms with Gasteiger partial charge in [0, 0.05) is 12.1 Å². The van der Waals surface area contributed by atoms with E-state index in [0.29, 0.717) is 12.1 Å². The van der Waals surface area contributed by atoms with E-state index in [9.17, 15) is 13.2 Å². The Bertz CT molecular complexity index is 241. The first-order valence-electron chi connectivity index (χ1n) is 2.45. The number of hydrogen-bond donors (Lipinski definition) is 1. The number of thiol groups is 1. The van der Waals surface area contributed by atoms with Gasteiger partial charge >= 0.3 is 0 Å². The molecule has 0 amide bonds. The summed E-state index contributed by atoms with van der Waals surface area (Å²) in [5.41, 5.74) is 0. The second-order valence-electron chi connectivity index (χ2n) is 1.72. The van der Waals surface area contributed by atoms with E-state index >= 15 is 0 Å². The number of hydrogen-bond acceptors (Lipinski definition) is 1. The molecular formula is C6H7F7S. The summed E-state index contributed by atoms with van der Waals surface area (Å²) in [7, 11) is 0. The average Bonchev–Trinajstić information content (AvgIpc) is 1.82. The first-order chi connectivity index (χ1) is 4.61. The van der Waals surface area contributed by atoms with E-state index in [-0.39, 0.29) is 18.8 Å². The molecule has 1 aromatic rings. The minimum Gasteiger partial charge on any atom is -0.269 e. The van der Waals surface area contributed by atoms with Crippen LogP contribution in [0.5, 0.6) is 0 Å². The molecule has 1 rings (SSSR count). The van der Waals surface area contributed by atoms with Crippen molar-refractivity contribution in [2.45, 2.75) is 4.90 Å². The Morgan fingerprint density at radius 3 is 1.36 bits per heavy atom. The van der Waals surface area contributed by atoms with Gasteiger partial charge in [-0.25, -0.2) is 13.2 Å². The van der Waals surface area contributed by atoms with E-state index < -0.39 is 22.3 Å². The van der Waals surface area contributed by atoms with Crippen LogP contribution >= 0.6 is 12.6 Å². The van der Waals surface area contributed by atoms with Gasteiger partial charge in [-0.1, -0.05) is 0 Å². The Balaban J connectivity index is -0.000000125. The lowest BCUT2D eigenvalue weighted by Gasteiger charge is -1.95. The van der Waals surface area contributed by atoms with Gasteiger partial charge in [0.2, 0.25) is 0 Å². The van der Waals surface area contributed by atoms with E-state index in [2.05, 4.69) is 12.6 Å². The van der Waals surface area contributed by atoms with Crippen LogP contribution < -0.4 is 0 Å². The van der Waals surface area contributed by atoms with Crippen molar-refractivity contribution in [2.75, 3.05) is 0 Å². The van der Waals surface area contributed by atoms with Crippen LogP contribution in [0.3, 0.4) is 0 Å². The molecule has 8 heteroatoms. The summed E-state index contributed by atoms with van der Waals surface area (Å²) in [5.74, 6) is -2.91. The van der Waals surface area contributed by atoms with Crippen LogP contribution in [-0.4, -0.2) is 0 Å². The molecular weight excluding hydrogens is 237 g/mol. The van der Waals surface area contributed by atoms with Gasteiger partial charge in [0.1, 0.15) is 17.5 Å². The zero-order chi connectivity index (χ0) is 7.72. The van der Waals surface area contributed by atoms with E-state index in [1.165, 1.54) is 0 Å². The highest BCUT2D eigenvalue weighted by Gasteiger charge is 2.06. The predicted molar refractivity (Wildman–Crippen MR) is 43.6 cm³/mol. The van der Waals surface area contributed by atoms with Gasteiger partial charge in [-0.2, -0.15) is 0 Å². The summed E-state index contributed by atoms with van der Waals surface area (Å²) < 4.78 is 36.7. The second kappa shape index (κ2) is 8.67. The average molecular weight is 244 g/mol. The fraction of sp³-hybridized carbons (Fsp3) is 0. The lowest BCUT2D eigenvalue weighted by Crippen LogP contribution is -1.86. The zero-order valence-corrected chi connectivity index (χ0v) is 7.26. The molecule has 0 N–H and O–H groups in total. The van der Waals surface area contributed by atoms with Gasteiger partial charge in [-0.05, 0) is 0 Å². The Hall–Kier alpha value is -0.920. The smallest absolute Gasteiger partial charge is 0.142 e. The van der Waals surface area contributed by atoms with Crippen LogP contribution in [0.25, 0.3) is 0 Å². The molecule has 0 spiro atoms. The van der Waals surface area contributed by atoms with Crippen molar-refractivity contribution in [3.05, 3.63) is 29.6 Å². The van der Waals surface area contributed by atoms with Crippen LogP contribution in [-0.2, 0) is 0 Å². The standard InChI is InChI=1S/C6H3F3S.4FH/c7-3-1-4(8)6(10)5(9)2-3;;;;/h1-2,10H;4*1H. The first kappa shape index (κ1) is 23.2. The van der Waals surface area contributed by atoms with Gasteiger partial charge < -0.3 is 0 Å². The van der Waals surface area contributed by atoms with E-state index in [1.807, 2.05) is 0 Å². The second-order valence-corrected chi connectivity index (χ2v) is 2.17. The Labute approximate surface area is 80.0 Å². The molecule has 0 aliphatic rings. The van der Waals surface area contributed by atoms with Crippen molar-refractivity contribution in [3.8, 4) is 0 Å². The SMILES string of the molecule is F.F.F.F.Fc1cc(F)c(S)c(F)c1. The Morgan fingerprint density at radius 1 is 0.786 bits per heavy atom. The maximum absolute atomic E-state index is 12.3. The fourth-order valence-electron chi connectivity index (χ4n) is 0.535. The molecule has 0 radical (unpaired) electrons. The van der Waals surface area contributed by atoms with Crippen LogP contribution in [0.2, 0.25) is 0 Å². The van der Waals surface area contributed by atoms with Crippen LogP contribution in [0.4, 0.5) is 32.0 Å². The van der Waals surface area contributed by atoms with E-state index in [0.717, 1.165) is 0 Å². The molecule has 0 aromatic heterocycles. The number of benzene rings is 1. The van der Waals surface area contributed by atoms with Crippen LogP contribution in [0.15, 0.2) is 17.0 Å². The van der Waals surface area contributed by atoms with Crippen molar-refractivity contribution in [1.82, 2.24) is 0 Å². The van der Waals surface area contributed by atoms with Crippen molar-refractivity contribution < 1.29 is 32.0 Å². The molecule has 0 fully saturated rings.